The molecule has 4 nitrogen and oxygen atoms in total. The zero-order chi connectivity index (χ0) is 12.7. The number of carbonyl (C=O) groups is 1. The Hall–Kier alpha value is -1.32. The van der Waals surface area contributed by atoms with Crippen molar-refractivity contribution in [3.8, 4) is 0 Å². The molecule has 1 N–H and O–H groups in total. The van der Waals surface area contributed by atoms with Crippen molar-refractivity contribution in [2.75, 3.05) is 0 Å². The number of nitrogens with one attached hydrogen (secondary N) is 1. The molecule has 1 amide bonds. The molecule has 2 aliphatic carbocycles. The Bertz CT molecular complexity index is 454. The first-order valence-corrected chi connectivity index (χ1v) is 6.87. The van der Waals surface area contributed by atoms with Crippen LogP contribution in [0.1, 0.15) is 48.9 Å². The summed E-state index contributed by atoms with van der Waals surface area (Å²) in [6, 6.07) is 1.92. The molecule has 0 spiro atoms. The van der Waals surface area contributed by atoms with Crippen molar-refractivity contribution in [1.82, 2.24) is 10.5 Å². The van der Waals surface area contributed by atoms with E-state index < -0.39 is 0 Å². The highest BCUT2D eigenvalue weighted by Gasteiger charge is 2.42. The molecule has 98 valence electrons. The Morgan fingerprint density at radius 1 is 1.50 bits per heavy atom. The zero-order valence-electron chi connectivity index (χ0n) is 11.0. The van der Waals surface area contributed by atoms with Crippen molar-refractivity contribution >= 4 is 5.91 Å². The fourth-order valence-electron chi connectivity index (χ4n) is 3.77. The number of hydrogen-bond donors (Lipinski definition) is 1. The van der Waals surface area contributed by atoms with E-state index in [4.69, 9.17) is 4.52 Å². The van der Waals surface area contributed by atoms with Crippen LogP contribution in [0.15, 0.2) is 10.6 Å². The van der Waals surface area contributed by atoms with Gasteiger partial charge in [0.25, 0.3) is 5.91 Å². The predicted octanol–water partition coefficient (Wildman–Crippen LogP) is 2.54. The van der Waals surface area contributed by atoms with E-state index in [0.29, 0.717) is 17.4 Å². The van der Waals surface area contributed by atoms with Crippen LogP contribution in [0.3, 0.4) is 0 Å². The van der Waals surface area contributed by atoms with E-state index in [-0.39, 0.29) is 11.9 Å². The van der Waals surface area contributed by atoms with Gasteiger partial charge in [-0.05, 0) is 50.9 Å². The molecule has 4 heteroatoms. The maximum Gasteiger partial charge on any atom is 0.273 e. The van der Waals surface area contributed by atoms with E-state index in [1.807, 2.05) is 0 Å². The Balaban J connectivity index is 1.61. The number of carbonyl (C=O) groups excluding carboxylic acids is 1. The number of fused-ring (bicyclic) bond motifs is 2. The standard InChI is InChI=1S/C14H20N2O2/c1-8-5-13(16-18-8)14(17)15-9(2)12-7-10-3-4-11(12)6-10/h5,9-12H,3-4,6-7H2,1-2H3,(H,15,17)/t9-,10-,11-,12-/m0/s1. The fraction of sp³-hybridized carbons (Fsp3) is 0.714. The summed E-state index contributed by atoms with van der Waals surface area (Å²) >= 11 is 0. The van der Waals surface area contributed by atoms with Crippen molar-refractivity contribution in [2.24, 2.45) is 17.8 Å². The first-order chi connectivity index (χ1) is 8.63. The molecule has 0 aliphatic heterocycles. The van der Waals surface area contributed by atoms with E-state index >= 15 is 0 Å². The summed E-state index contributed by atoms with van der Waals surface area (Å²) < 4.78 is 4.93. The highest BCUT2D eigenvalue weighted by molar-refractivity contribution is 5.92. The first-order valence-electron chi connectivity index (χ1n) is 6.87. The molecule has 2 saturated carbocycles. The van der Waals surface area contributed by atoms with Gasteiger partial charge in [-0.2, -0.15) is 0 Å². The molecule has 1 heterocycles. The second-order valence-electron chi connectivity index (χ2n) is 5.92. The van der Waals surface area contributed by atoms with Gasteiger partial charge in [-0.25, -0.2) is 0 Å². The predicted molar refractivity (Wildman–Crippen MR) is 67.1 cm³/mol. The number of rotatable bonds is 3. The van der Waals surface area contributed by atoms with Gasteiger partial charge in [0.1, 0.15) is 5.76 Å². The van der Waals surface area contributed by atoms with Crippen LogP contribution in [0.2, 0.25) is 0 Å². The van der Waals surface area contributed by atoms with Crippen LogP contribution in [0.4, 0.5) is 0 Å². The third-order valence-electron chi connectivity index (χ3n) is 4.65. The third kappa shape index (κ3) is 2.04. The summed E-state index contributed by atoms with van der Waals surface area (Å²) in [6.45, 7) is 3.92. The van der Waals surface area contributed by atoms with Gasteiger partial charge >= 0.3 is 0 Å². The van der Waals surface area contributed by atoms with E-state index in [1.54, 1.807) is 13.0 Å². The highest BCUT2D eigenvalue weighted by Crippen LogP contribution is 2.49. The molecule has 2 fully saturated rings. The van der Waals surface area contributed by atoms with Crippen molar-refractivity contribution < 1.29 is 9.32 Å². The first kappa shape index (κ1) is 11.8. The molecular formula is C14H20N2O2. The van der Waals surface area contributed by atoms with Gasteiger partial charge in [-0.15, -0.1) is 0 Å². The minimum atomic E-state index is -0.109. The molecule has 1 aromatic heterocycles. The normalized spacial score (nSPS) is 31.6. The molecule has 0 unspecified atom stereocenters. The number of amides is 1. The third-order valence-corrected chi connectivity index (χ3v) is 4.65. The quantitative estimate of drug-likeness (QED) is 0.894. The van der Waals surface area contributed by atoms with Crippen molar-refractivity contribution in [2.45, 2.75) is 45.6 Å². The van der Waals surface area contributed by atoms with Crippen LogP contribution >= 0.6 is 0 Å². The highest BCUT2D eigenvalue weighted by atomic mass is 16.5. The molecule has 0 aromatic carbocycles. The summed E-state index contributed by atoms with van der Waals surface area (Å²) in [7, 11) is 0. The number of hydrogen-bond acceptors (Lipinski definition) is 3. The number of aromatic nitrogens is 1. The van der Waals surface area contributed by atoms with Gasteiger partial charge in [0.05, 0.1) is 0 Å². The lowest BCUT2D eigenvalue weighted by Gasteiger charge is -2.28. The van der Waals surface area contributed by atoms with Gasteiger partial charge in [0.2, 0.25) is 0 Å². The summed E-state index contributed by atoms with van der Waals surface area (Å²) in [5, 5.41) is 6.83. The lowest BCUT2D eigenvalue weighted by Crippen LogP contribution is -2.40. The maximum atomic E-state index is 12.0. The molecule has 4 atom stereocenters. The molecular weight excluding hydrogens is 228 g/mol. The van der Waals surface area contributed by atoms with Crippen LogP contribution in [-0.4, -0.2) is 17.1 Å². The van der Waals surface area contributed by atoms with Crippen LogP contribution in [0, 0.1) is 24.7 Å². The fourth-order valence-corrected chi connectivity index (χ4v) is 3.77. The molecule has 1 aromatic rings. The van der Waals surface area contributed by atoms with E-state index in [9.17, 15) is 4.79 Å². The van der Waals surface area contributed by atoms with Crippen LogP contribution in [0.25, 0.3) is 0 Å². The van der Waals surface area contributed by atoms with Gasteiger partial charge in [-0.1, -0.05) is 11.6 Å². The van der Waals surface area contributed by atoms with E-state index in [0.717, 1.165) is 11.8 Å². The van der Waals surface area contributed by atoms with Crippen molar-refractivity contribution in [1.29, 1.82) is 0 Å². The van der Waals surface area contributed by atoms with Gasteiger partial charge < -0.3 is 9.84 Å². The molecule has 2 bridgehead atoms. The average molecular weight is 248 g/mol. The number of nitrogens with zero attached hydrogens (tertiary/aromatic N) is 1. The lowest BCUT2D eigenvalue weighted by molar-refractivity contribution is 0.0906. The molecule has 3 rings (SSSR count). The van der Waals surface area contributed by atoms with Gasteiger partial charge in [0.15, 0.2) is 5.69 Å². The SMILES string of the molecule is Cc1cc(C(=O)N[C@@H](C)[C@@H]2C[C@H]3CC[C@H]2C3)no1. The summed E-state index contributed by atoms with van der Waals surface area (Å²) in [5.74, 6) is 2.95. The van der Waals surface area contributed by atoms with Crippen LogP contribution in [0.5, 0.6) is 0 Å². The summed E-state index contributed by atoms with van der Waals surface area (Å²) in [6.07, 6.45) is 5.39. The van der Waals surface area contributed by atoms with Crippen molar-refractivity contribution in [3.63, 3.8) is 0 Å². The second kappa shape index (κ2) is 4.41. The van der Waals surface area contributed by atoms with E-state index in [2.05, 4.69) is 17.4 Å². The molecule has 2 aliphatic rings. The molecule has 18 heavy (non-hydrogen) atoms. The Labute approximate surface area is 107 Å². The zero-order valence-corrected chi connectivity index (χ0v) is 11.0. The molecule has 0 radical (unpaired) electrons. The smallest absolute Gasteiger partial charge is 0.273 e. The van der Waals surface area contributed by atoms with E-state index in [1.165, 1.54) is 25.7 Å². The Morgan fingerprint density at radius 2 is 2.33 bits per heavy atom. The summed E-state index contributed by atoms with van der Waals surface area (Å²) in [5.41, 5.74) is 0.391. The average Bonchev–Trinajstić information content (AvgIpc) is 3.03. The number of aryl methyl sites for hydroxylation is 1. The topological polar surface area (TPSA) is 55.1 Å². The summed E-state index contributed by atoms with van der Waals surface area (Å²) in [4.78, 5) is 12.0. The largest absolute Gasteiger partial charge is 0.361 e. The van der Waals surface area contributed by atoms with Gasteiger partial charge in [-0.3, -0.25) is 4.79 Å². The second-order valence-corrected chi connectivity index (χ2v) is 5.92. The Kier molecular flexibility index (Phi) is 2.88. The molecule has 0 saturated heterocycles. The maximum absolute atomic E-state index is 12.0. The van der Waals surface area contributed by atoms with Crippen molar-refractivity contribution in [3.05, 3.63) is 17.5 Å². The monoisotopic (exact) mass is 248 g/mol. The Morgan fingerprint density at radius 3 is 2.89 bits per heavy atom. The minimum absolute atomic E-state index is 0.109. The lowest BCUT2D eigenvalue weighted by atomic mass is 9.84. The van der Waals surface area contributed by atoms with Crippen LogP contribution in [-0.2, 0) is 0 Å². The van der Waals surface area contributed by atoms with Crippen LogP contribution < -0.4 is 5.32 Å². The minimum Gasteiger partial charge on any atom is -0.361 e. The van der Waals surface area contributed by atoms with Gasteiger partial charge in [0, 0.05) is 12.1 Å².